The number of nitrogens with zero attached hydrogens (tertiary/aromatic N) is 5. The number of rotatable bonds is 7. The number of hydrogen-bond donors (Lipinski definition) is 1. The Morgan fingerprint density at radius 3 is 2.55 bits per heavy atom. The molecule has 0 radical (unpaired) electrons. The molecular weight excluding hydrogens is 656 g/mol. The van der Waals surface area contributed by atoms with Gasteiger partial charge in [0.1, 0.15) is 24.0 Å². The van der Waals surface area contributed by atoms with Crippen LogP contribution in [0.15, 0.2) is 36.5 Å². The lowest BCUT2D eigenvalue weighted by molar-refractivity contribution is 0.0575. The van der Waals surface area contributed by atoms with Crippen LogP contribution in [0.3, 0.4) is 0 Å². The topological polar surface area (TPSA) is 113 Å². The van der Waals surface area contributed by atoms with Crippen LogP contribution >= 0.6 is 11.6 Å². The molecule has 0 spiro atoms. The number of carbonyl (C=O) groups is 1. The highest BCUT2D eigenvalue weighted by atomic mass is 35.5. The third kappa shape index (κ3) is 7.73. The van der Waals surface area contributed by atoms with Gasteiger partial charge in [-0.1, -0.05) is 39.3 Å². The van der Waals surface area contributed by atoms with Crippen molar-refractivity contribution in [3.63, 3.8) is 0 Å². The van der Waals surface area contributed by atoms with Crippen molar-refractivity contribution in [3.8, 4) is 23.1 Å². The van der Waals surface area contributed by atoms with Gasteiger partial charge >= 0.3 is 6.09 Å². The summed E-state index contributed by atoms with van der Waals surface area (Å²) in [6, 6.07) is 12.0. The molecular formula is C37H49ClN6O4Si. The van der Waals surface area contributed by atoms with Crippen molar-refractivity contribution in [2.45, 2.75) is 90.1 Å². The molecule has 3 heterocycles. The summed E-state index contributed by atoms with van der Waals surface area (Å²) in [5.74, 6) is 1.10. The monoisotopic (exact) mass is 704 g/mol. The van der Waals surface area contributed by atoms with E-state index < -0.39 is 25.4 Å². The second-order valence-electron chi connectivity index (χ2n) is 16.2. The number of halogens is 1. The molecule has 1 unspecified atom stereocenters. The fraction of sp³-hybridized carbons (Fsp3) is 0.514. The first-order valence-electron chi connectivity index (χ1n) is 16.7. The van der Waals surface area contributed by atoms with E-state index in [9.17, 15) is 10.1 Å². The molecule has 0 bridgehead atoms. The minimum Gasteiger partial charge on any atom is -0.489 e. The van der Waals surface area contributed by atoms with Gasteiger partial charge in [0.15, 0.2) is 8.32 Å². The van der Waals surface area contributed by atoms with Gasteiger partial charge in [-0.05, 0) is 101 Å². The number of hydrogen-bond acceptors (Lipinski definition) is 9. The highest BCUT2D eigenvalue weighted by Gasteiger charge is 2.47. The van der Waals surface area contributed by atoms with Crippen molar-refractivity contribution in [2.75, 3.05) is 44.1 Å². The fourth-order valence-electron chi connectivity index (χ4n) is 5.87. The average Bonchev–Trinajstić information content (AvgIpc) is 3.31. The number of anilines is 3. The summed E-state index contributed by atoms with van der Waals surface area (Å²) in [6.07, 6.45) is 1.99. The van der Waals surface area contributed by atoms with Crippen molar-refractivity contribution >= 4 is 43.3 Å². The fourth-order valence-corrected chi connectivity index (χ4v) is 7.23. The van der Waals surface area contributed by atoms with Gasteiger partial charge in [0.2, 0.25) is 5.95 Å². The van der Waals surface area contributed by atoms with Crippen LogP contribution in [0.1, 0.15) is 65.2 Å². The molecule has 1 N–H and O–H groups in total. The number of amides is 1. The molecule has 3 aromatic rings. The predicted molar refractivity (Wildman–Crippen MR) is 198 cm³/mol. The van der Waals surface area contributed by atoms with Crippen molar-refractivity contribution in [1.82, 2.24) is 14.9 Å². The average molecular weight is 705 g/mol. The van der Waals surface area contributed by atoms with Crippen LogP contribution in [0, 0.1) is 11.3 Å². The summed E-state index contributed by atoms with van der Waals surface area (Å²) in [5.41, 5.74) is 3.48. The normalized spacial score (nSPS) is 19.2. The molecule has 2 aromatic carbocycles. The molecule has 2 aliphatic heterocycles. The number of likely N-dealkylation sites (N-methyl/N-ethyl adjacent to an activating group) is 1. The maximum Gasteiger partial charge on any atom is 0.414 e. The van der Waals surface area contributed by atoms with Crippen LogP contribution in [-0.4, -0.2) is 74.8 Å². The van der Waals surface area contributed by atoms with Gasteiger partial charge in [0.05, 0.1) is 22.6 Å². The Morgan fingerprint density at radius 2 is 1.92 bits per heavy atom. The molecule has 12 heteroatoms. The number of nitrogens with one attached hydrogen (secondary N) is 1. The maximum absolute atomic E-state index is 13.6. The molecule has 5 rings (SSSR count). The summed E-state index contributed by atoms with van der Waals surface area (Å²) in [6.45, 7) is 19.9. The maximum atomic E-state index is 13.6. The Balaban J connectivity index is 1.54. The largest absolute Gasteiger partial charge is 0.489 e. The molecule has 2 aliphatic rings. The SMILES string of the molecule is CN(C)C1COc2c(cc(Cl)cc2Nc2nccc(-c3cc(C#N)c4c(c3)[C@@](C)(CO[Si](C)(C)C(C)(C)C)CN4C(=O)OC(C)(C)C)n2)C1. The number of fused-ring (bicyclic) bond motifs is 2. The molecule has 2 atom stereocenters. The second kappa shape index (κ2) is 13.2. The highest BCUT2D eigenvalue weighted by molar-refractivity contribution is 6.74. The number of benzene rings is 2. The Kier molecular flexibility index (Phi) is 9.86. The zero-order chi connectivity index (χ0) is 36.1. The number of aromatic nitrogens is 2. The zero-order valence-electron chi connectivity index (χ0n) is 30.6. The molecule has 0 saturated carbocycles. The first-order chi connectivity index (χ1) is 22.7. The van der Waals surface area contributed by atoms with Gasteiger partial charge in [-0.25, -0.2) is 14.8 Å². The molecule has 262 valence electrons. The molecule has 1 aromatic heterocycles. The predicted octanol–water partition coefficient (Wildman–Crippen LogP) is 8.31. The van der Waals surface area contributed by atoms with Crippen LogP contribution in [0.25, 0.3) is 11.3 Å². The number of nitriles is 1. The lowest BCUT2D eigenvalue weighted by Gasteiger charge is -2.39. The van der Waals surface area contributed by atoms with Crippen molar-refractivity contribution in [3.05, 3.63) is 58.2 Å². The molecule has 0 fully saturated rings. The molecule has 0 saturated heterocycles. The van der Waals surface area contributed by atoms with E-state index >= 15 is 0 Å². The van der Waals surface area contributed by atoms with E-state index in [-0.39, 0.29) is 11.1 Å². The quantitative estimate of drug-likeness (QED) is 0.243. The van der Waals surface area contributed by atoms with Gasteiger partial charge in [-0.2, -0.15) is 5.26 Å². The van der Waals surface area contributed by atoms with Gasteiger partial charge in [-0.15, -0.1) is 0 Å². The van der Waals surface area contributed by atoms with E-state index in [0.717, 1.165) is 28.9 Å². The Morgan fingerprint density at radius 1 is 1.20 bits per heavy atom. The Labute approximate surface area is 296 Å². The molecule has 10 nitrogen and oxygen atoms in total. The first kappa shape index (κ1) is 36.6. The summed E-state index contributed by atoms with van der Waals surface area (Å²) >= 11 is 6.54. The smallest absolute Gasteiger partial charge is 0.414 e. The summed E-state index contributed by atoms with van der Waals surface area (Å²) in [7, 11) is 1.93. The zero-order valence-corrected chi connectivity index (χ0v) is 32.4. The summed E-state index contributed by atoms with van der Waals surface area (Å²) < 4.78 is 18.8. The van der Waals surface area contributed by atoms with E-state index in [0.29, 0.717) is 53.4 Å². The first-order valence-corrected chi connectivity index (χ1v) is 20.0. The minimum absolute atomic E-state index is 0.000989. The number of carbonyl (C=O) groups excluding carboxylic acids is 1. The van der Waals surface area contributed by atoms with Gasteiger partial charge in [0, 0.05) is 41.4 Å². The Bertz CT molecular complexity index is 1800. The highest BCUT2D eigenvalue weighted by Crippen LogP contribution is 2.47. The summed E-state index contributed by atoms with van der Waals surface area (Å²) in [4.78, 5) is 26.7. The van der Waals surface area contributed by atoms with Crippen LogP contribution < -0.4 is 15.0 Å². The van der Waals surface area contributed by atoms with Crippen LogP contribution in [0.2, 0.25) is 23.2 Å². The van der Waals surface area contributed by atoms with E-state index in [1.54, 1.807) is 17.2 Å². The molecule has 1 amide bonds. The third-order valence-electron chi connectivity index (χ3n) is 9.76. The molecule has 0 aliphatic carbocycles. The number of ether oxygens (including phenoxy) is 2. The van der Waals surface area contributed by atoms with Crippen molar-refractivity contribution < 1.29 is 18.7 Å². The van der Waals surface area contributed by atoms with Crippen molar-refractivity contribution in [2.24, 2.45) is 0 Å². The van der Waals surface area contributed by atoms with Crippen LogP contribution in [-0.2, 0) is 21.0 Å². The minimum atomic E-state index is -2.15. The van der Waals surface area contributed by atoms with Crippen LogP contribution in [0.5, 0.6) is 5.75 Å². The van der Waals surface area contributed by atoms with E-state index in [1.807, 2.05) is 59.1 Å². The third-order valence-corrected chi connectivity index (χ3v) is 14.5. The van der Waals surface area contributed by atoms with Gasteiger partial charge in [-0.3, -0.25) is 4.90 Å². The Hall–Kier alpha value is -3.69. The lowest BCUT2D eigenvalue weighted by atomic mass is 9.83. The van der Waals surface area contributed by atoms with E-state index in [1.165, 1.54) is 0 Å². The second-order valence-corrected chi connectivity index (χ2v) is 21.4. The van der Waals surface area contributed by atoms with Crippen molar-refractivity contribution in [1.29, 1.82) is 5.26 Å². The van der Waals surface area contributed by atoms with E-state index in [2.05, 4.69) is 62.1 Å². The van der Waals surface area contributed by atoms with Crippen LogP contribution in [0.4, 0.5) is 22.1 Å². The van der Waals surface area contributed by atoms with Gasteiger partial charge in [0.25, 0.3) is 0 Å². The van der Waals surface area contributed by atoms with E-state index in [4.69, 9.17) is 30.5 Å². The summed E-state index contributed by atoms with van der Waals surface area (Å²) in [5, 5.41) is 14.4. The molecule has 49 heavy (non-hydrogen) atoms. The standard InChI is InChI=1S/C37H49ClN6O4Si/c1-35(2,3)48-34(45)44-21-37(7,22-47-49(10,11)36(4,5)6)28-17-23(14-25(19-39)31(28)44)29-12-13-40-33(41-29)42-30-18-26(38)15-24-16-27(43(8)9)20-46-32(24)30/h12-15,17-18,27H,16,20-22H2,1-11H3,(H,40,41,42)/t27?,37-/m1/s1. The van der Waals surface area contributed by atoms with Gasteiger partial charge < -0.3 is 24.1 Å². The lowest BCUT2D eigenvalue weighted by Crippen LogP contribution is -2.46.